The monoisotopic (exact) mass is 292 g/mol. The van der Waals surface area contributed by atoms with Crippen LogP contribution in [0.3, 0.4) is 0 Å². The van der Waals surface area contributed by atoms with Gasteiger partial charge >= 0.3 is 5.97 Å². The van der Waals surface area contributed by atoms with E-state index in [1.807, 2.05) is 24.1 Å². The number of aromatic nitrogens is 1. The molecule has 0 bridgehead atoms. The number of likely N-dealkylation sites (tertiary alicyclic amines) is 1. The number of nitrogens with one attached hydrogen (secondary N) is 1. The quantitative estimate of drug-likeness (QED) is 0.788. The van der Waals surface area contributed by atoms with E-state index >= 15 is 0 Å². The topological polar surface area (TPSA) is 76.6 Å². The van der Waals surface area contributed by atoms with Crippen molar-refractivity contribution in [2.24, 2.45) is 5.92 Å². The Bertz CT molecular complexity index is 685. The average molecular weight is 292 g/mol. The van der Waals surface area contributed by atoms with Crippen LogP contribution in [0, 0.1) is 11.7 Å². The molecule has 3 atom stereocenters. The van der Waals surface area contributed by atoms with Crippen LogP contribution in [0.1, 0.15) is 18.2 Å². The van der Waals surface area contributed by atoms with Gasteiger partial charge < -0.3 is 15.2 Å². The molecule has 1 aromatic heterocycles. The number of aliphatic hydroxyl groups excluding tert-OH is 1. The molecule has 1 aromatic carbocycles. The number of aliphatic carboxylic acids is 1. The summed E-state index contributed by atoms with van der Waals surface area (Å²) in [5, 5.41) is 19.9. The van der Waals surface area contributed by atoms with Gasteiger partial charge in [-0.15, -0.1) is 0 Å². The Hall–Kier alpha value is -1.92. The van der Waals surface area contributed by atoms with Crippen molar-refractivity contribution >= 4 is 16.9 Å². The molecule has 3 rings (SSSR count). The van der Waals surface area contributed by atoms with E-state index in [1.54, 1.807) is 6.07 Å². The smallest absolute Gasteiger partial charge is 0.310 e. The number of piperidine rings is 1. The highest BCUT2D eigenvalue weighted by Gasteiger charge is 2.38. The highest BCUT2D eigenvalue weighted by Crippen LogP contribution is 2.34. The van der Waals surface area contributed by atoms with Gasteiger partial charge in [0.1, 0.15) is 5.82 Å². The minimum absolute atomic E-state index is 0.151. The third kappa shape index (κ3) is 2.41. The summed E-state index contributed by atoms with van der Waals surface area (Å²) in [6.45, 7) is 0.263. The molecule has 1 aliphatic rings. The Morgan fingerprint density at radius 1 is 1.48 bits per heavy atom. The number of rotatable bonds is 2. The Kier molecular flexibility index (Phi) is 3.43. The summed E-state index contributed by atoms with van der Waals surface area (Å²) in [6, 6.07) is 6.56. The second kappa shape index (κ2) is 5.13. The molecule has 2 aromatic rings. The number of aliphatic hydroxyl groups is 1. The van der Waals surface area contributed by atoms with Gasteiger partial charge in [-0.3, -0.25) is 9.69 Å². The highest BCUT2D eigenvalue weighted by molar-refractivity contribution is 5.81. The maximum absolute atomic E-state index is 13.7. The first-order valence-electron chi connectivity index (χ1n) is 6.85. The second-order valence-corrected chi connectivity index (χ2v) is 5.63. The van der Waals surface area contributed by atoms with E-state index in [0.717, 1.165) is 11.1 Å². The summed E-state index contributed by atoms with van der Waals surface area (Å²) in [7, 11) is 1.81. The lowest BCUT2D eigenvalue weighted by molar-refractivity contribution is -0.150. The molecule has 0 amide bonds. The fourth-order valence-corrected chi connectivity index (χ4v) is 3.06. The van der Waals surface area contributed by atoms with Crippen LogP contribution in [0.5, 0.6) is 0 Å². The zero-order valence-corrected chi connectivity index (χ0v) is 11.6. The number of carboxylic acid groups (broad SMARTS) is 1. The van der Waals surface area contributed by atoms with Crippen LogP contribution < -0.4 is 0 Å². The van der Waals surface area contributed by atoms with Crippen LogP contribution in [-0.4, -0.2) is 45.8 Å². The number of para-hydroxylation sites is 1. The molecule has 0 saturated carbocycles. The zero-order chi connectivity index (χ0) is 15.1. The van der Waals surface area contributed by atoms with Crippen LogP contribution >= 0.6 is 0 Å². The maximum Gasteiger partial charge on any atom is 0.310 e. The number of H-pyrrole nitrogens is 1. The SMILES string of the molecule is CN1CC(C(=O)O)C(O)CC1c1cc2cccc(F)c2[nH]1. The van der Waals surface area contributed by atoms with Crippen molar-refractivity contribution in [2.45, 2.75) is 18.6 Å². The van der Waals surface area contributed by atoms with Crippen molar-refractivity contribution in [3.05, 3.63) is 35.8 Å². The van der Waals surface area contributed by atoms with Crippen molar-refractivity contribution in [1.82, 2.24) is 9.88 Å². The van der Waals surface area contributed by atoms with E-state index in [-0.39, 0.29) is 18.4 Å². The van der Waals surface area contributed by atoms with Gasteiger partial charge in [-0.2, -0.15) is 0 Å². The van der Waals surface area contributed by atoms with E-state index in [0.29, 0.717) is 11.9 Å². The fourth-order valence-electron chi connectivity index (χ4n) is 3.06. The average Bonchev–Trinajstić information content (AvgIpc) is 2.86. The Labute approximate surface area is 121 Å². The first kappa shape index (κ1) is 14.0. The number of hydrogen-bond acceptors (Lipinski definition) is 3. The highest BCUT2D eigenvalue weighted by atomic mass is 19.1. The van der Waals surface area contributed by atoms with Gasteiger partial charge in [0.05, 0.1) is 23.6 Å². The van der Waals surface area contributed by atoms with Crippen molar-refractivity contribution < 1.29 is 19.4 Å². The number of fused-ring (bicyclic) bond motifs is 1. The van der Waals surface area contributed by atoms with E-state index in [4.69, 9.17) is 5.11 Å². The molecule has 1 fully saturated rings. The van der Waals surface area contributed by atoms with Gasteiger partial charge in [0.15, 0.2) is 0 Å². The summed E-state index contributed by atoms with van der Waals surface area (Å²) in [6.07, 6.45) is -0.595. The molecule has 2 heterocycles. The van der Waals surface area contributed by atoms with Gasteiger partial charge in [-0.25, -0.2) is 4.39 Å². The van der Waals surface area contributed by atoms with Crippen LogP contribution in [0.25, 0.3) is 10.9 Å². The molecule has 0 aliphatic carbocycles. The Morgan fingerprint density at radius 2 is 2.24 bits per heavy atom. The van der Waals surface area contributed by atoms with Crippen molar-refractivity contribution in [3.8, 4) is 0 Å². The largest absolute Gasteiger partial charge is 0.481 e. The van der Waals surface area contributed by atoms with Crippen molar-refractivity contribution in [3.63, 3.8) is 0 Å². The number of benzene rings is 1. The normalized spacial score (nSPS) is 27.1. The number of aromatic amines is 1. The molecular weight excluding hydrogens is 275 g/mol. The van der Waals surface area contributed by atoms with E-state index < -0.39 is 18.0 Å². The van der Waals surface area contributed by atoms with Gasteiger partial charge in [0.2, 0.25) is 0 Å². The number of carbonyl (C=O) groups is 1. The minimum Gasteiger partial charge on any atom is -0.481 e. The zero-order valence-electron chi connectivity index (χ0n) is 11.6. The number of nitrogens with zero attached hydrogens (tertiary/aromatic N) is 1. The predicted molar refractivity (Wildman–Crippen MR) is 75.4 cm³/mol. The molecule has 3 N–H and O–H groups in total. The molecule has 5 nitrogen and oxygen atoms in total. The summed E-state index contributed by atoms with van der Waals surface area (Å²) < 4.78 is 13.7. The molecule has 112 valence electrons. The molecular formula is C15H17FN2O3. The minimum atomic E-state index is -0.990. The van der Waals surface area contributed by atoms with E-state index in [2.05, 4.69) is 4.98 Å². The first-order valence-corrected chi connectivity index (χ1v) is 6.85. The number of halogens is 1. The third-order valence-corrected chi connectivity index (χ3v) is 4.25. The number of hydrogen-bond donors (Lipinski definition) is 3. The summed E-state index contributed by atoms with van der Waals surface area (Å²) >= 11 is 0. The maximum atomic E-state index is 13.7. The fraction of sp³-hybridized carbons (Fsp3) is 0.400. The van der Waals surface area contributed by atoms with Crippen molar-refractivity contribution in [2.75, 3.05) is 13.6 Å². The van der Waals surface area contributed by atoms with Crippen LogP contribution in [0.2, 0.25) is 0 Å². The van der Waals surface area contributed by atoms with Crippen LogP contribution in [0.4, 0.5) is 4.39 Å². The molecule has 21 heavy (non-hydrogen) atoms. The molecule has 1 aliphatic heterocycles. The predicted octanol–water partition coefficient (Wildman–Crippen LogP) is 1.75. The second-order valence-electron chi connectivity index (χ2n) is 5.63. The Balaban J connectivity index is 1.92. The summed E-state index contributed by atoms with van der Waals surface area (Å²) in [4.78, 5) is 16.0. The van der Waals surface area contributed by atoms with E-state index in [9.17, 15) is 14.3 Å². The molecule has 0 radical (unpaired) electrons. The van der Waals surface area contributed by atoms with Gasteiger partial charge in [-0.05, 0) is 25.6 Å². The van der Waals surface area contributed by atoms with Gasteiger partial charge in [0.25, 0.3) is 0 Å². The van der Waals surface area contributed by atoms with Gasteiger partial charge in [0, 0.05) is 17.6 Å². The van der Waals surface area contributed by atoms with Crippen LogP contribution in [-0.2, 0) is 4.79 Å². The first-order chi connectivity index (χ1) is 9.97. The standard InChI is InChI=1S/C15H17FN2O3/c1-18-7-9(15(20)21)13(19)6-12(18)11-5-8-3-2-4-10(16)14(8)17-11/h2-5,9,12-13,17,19H,6-7H2,1H3,(H,20,21). The lowest BCUT2D eigenvalue weighted by atomic mass is 9.89. The van der Waals surface area contributed by atoms with E-state index in [1.165, 1.54) is 6.07 Å². The van der Waals surface area contributed by atoms with Crippen LogP contribution in [0.15, 0.2) is 24.3 Å². The van der Waals surface area contributed by atoms with Crippen molar-refractivity contribution in [1.29, 1.82) is 0 Å². The molecule has 1 saturated heterocycles. The summed E-state index contributed by atoms with van der Waals surface area (Å²) in [5.74, 6) is -2.09. The van der Waals surface area contributed by atoms with Gasteiger partial charge in [-0.1, -0.05) is 12.1 Å². The summed E-state index contributed by atoms with van der Waals surface area (Å²) in [5.41, 5.74) is 1.23. The molecule has 3 unspecified atom stereocenters. The third-order valence-electron chi connectivity index (χ3n) is 4.25. The number of carboxylic acids is 1. The lowest BCUT2D eigenvalue weighted by Crippen LogP contribution is -2.46. The molecule has 0 spiro atoms. The lowest BCUT2D eigenvalue weighted by Gasteiger charge is -2.38. The Morgan fingerprint density at radius 3 is 2.90 bits per heavy atom. The molecule has 6 heteroatoms.